The second-order valence-electron chi connectivity index (χ2n) is 4.82. The van der Waals surface area contributed by atoms with Crippen molar-refractivity contribution in [1.29, 1.82) is 0 Å². The van der Waals surface area contributed by atoms with Crippen LogP contribution in [0.25, 0.3) is 0 Å². The number of nitrogens with one attached hydrogen (secondary N) is 1. The Labute approximate surface area is 101 Å². The van der Waals surface area contributed by atoms with Crippen molar-refractivity contribution < 1.29 is 14.6 Å². The molecule has 1 heterocycles. The minimum atomic E-state index is -0.523. The standard InChI is InChI=1S/C12H20N2O3/c1-2-3-8-4-5-10(9(15)6-8)17-12(16)11-13-7-14-11/h8-10,15H,2-7H2,1H3,(H,13,14). The highest BCUT2D eigenvalue weighted by Gasteiger charge is 2.32. The molecule has 0 aromatic rings. The highest BCUT2D eigenvalue weighted by molar-refractivity contribution is 6.36. The third kappa shape index (κ3) is 2.97. The van der Waals surface area contributed by atoms with Crippen LogP contribution in [0.4, 0.5) is 0 Å². The normalized spacial score (nSPS) is 32.1. The monoisotopic (exact) mass is 240 g/mol. The summed E-state index contributed by atoms with van der Waals surface area (Å²) in [4.78, 5) is 15.4. The third-order valence-corrected chi connectivity index (χ3v) is 3.50. The number of carbonyl (C=O) groups is 1. The van der Waals surface area contributed by atoms with Gasteiger partial charge in [-0.1, -0.05) is 19.8 Å². The van der Waals surface area contributed by atoms with Crippen LogP contribution < -0.4 is 5.32 Å². The van der Waals surface area contributed by atoms with Crippen LogP contribution in [0.2, 0.25) is 0 Å². The van der Waals surface area contributed by atoms with E-state index >= 15 is 0 Å². The summed E-state index contributed by atoms with van der Waals surface area (Å²) in [5.74, 6) is 0.422. The number of hydrogen-bond acceptors (Lipinski definition) is 5. The van der Waals surface area contributed by atoms with Gasteiger partial charge in [0.2, 0.25) is 5.84 Å². The Morgan fingerprint density at radius 3 is 2.88 bits per heavy atom. The third-order valence-electron chi connectivity index (χ3n) is 3.50. The van der Waals surface area contributed by atoms with Gasteiger partial charge in [-0.05, 0) is 25.2 Å². The van der Waals surface area contributed by atoms with Crippen LogP contribution >= 0.6 is 0 Å². The topological polar surface area (TPSA) is 70.9 Å². The number of ether oxygens (including phenoxy) is 1. The summed E-state index contributed by atoms with van der Waals surface area (Å²) in [6, 6.07) is 0. The largest absolute Gasteiger partial charge is 0.454 e. The zero-order chi connectivity index (χ0) is 12.3. The molecule has 0 bridgehead atoms. The van der Waals surface area contributed by atoms with Gasteiger partial charge in [0, 0.05) is 0 Å². The Morgan fingerprint density at radius 1 is 1.59 bits per heavy atom. The molecule has 17 heavy (non-hydrogen) atoms. The number of rotatable bonds is 4. The molecule has 1 aliphatic heterocycles. The van der Waals surface area contributed by atoms with Gasteiger partial charge in [0.25, 0.3) is 0 Å². The maximum atomic E-state index is 11.5. The average molecular weight is 240 g/mol. The Balaban J connectivity index is 1.80. The lowest BCUT2D eigenvalue weighted by Gasteiger charge is -2.33. The van der Waals surface area contributed by atoms with E-state index in [9.17, 15) is 9.90 Å². The summed E-state index contributed by atoms with van der Waals surface area (Å²) in [5.41, 5.74) is 0. The second kappa shape index (κ2) is 5.49. The van der Waals surface area contributed by atoms with Gasteiger partial charge in [0.1, 0.15) is 12.8 Å². The lowest BCUT2D eigenvalue weighted by atomic mass is 9.83. The molecule has 96 valence electrons. The fourth-order valence-corrected chi connectivity index (χ4v) is 2.50. The van der Waals surface area contributed by atoms with Gasteiger partial charge in [-0.25, -0.2) is 9.79 Å². The molecule has 5 heteroatoms. The van der Waals surface area contributed by atoms with Gasteiger partial charge < -0.3 is 15.2 Å². The molecule has 1 aliphatic carbocycles. The summed E-state index contributed by atoms with van der Waals surface area (Å²) in [6.45, 7) is 2.63. The highest BCUT2D eigenvalue weighted by atomic mass is 16.6. The van der Waals surface area contributed by atoms with Crippen LogP contribution in [0, 0.1) is 5.92 Å². The van der Waals surface area contributed by atoms with Gasteiger partial charge >= 0.3 is 5.97 Å². The molecule has 2 aliphatic rings. The lowest BCUT2D eigenvalue weighted by molar-refractivity contribution is -0.151. The minimum absolute atomic E-state index is 0.285. The van der Waals surface area contributed by atoms with Crippen LogP contribution in [0.1, 0.15) is 39.0 Å². The van der Waals surface area contributed by atoms with E-state index in [1.807, 2.05) is 0 Å². The van der Waals surface area contributed by atoms with Gasteiger partial charge in [-0.15, -0.1) is 0 Å². The predicted molar refractivity (Wildman–Crippen MR) is 63.6 cm³/mol. The maximum absolute atomic E-state index is 11.5. The van der Waals surface area contributed by atoms with Crippen molar-refractivity contribution in [1.82, 2.24) is 5.32 Å². The highest BCUT2D eigenvalue weighted by Crippen LogP contribution is 2.29. The molecule has 1 fully saturated rings. The summed E-state index contributed by atoms with van der Waals surface area (Å²) in [5, 5.41) is 12.7. The fraction of sp³-hybridized carbons (Fsp3) is 0.833. The molecule has 3 atom stereocenters. The van der Waals surface area contributed by atoms with Gasteiger partial charge in [0.15, 0.2) is 0 Å². The number of nitrogens with zero attached hydrogens (tertiary/aromatic N) is 1. The van der Waals surface area contributed by atoms with Crippen LogP contribution in [-0.4, -0.2) is 35.8 Å². The van der Waals surface area contributed by atoms with Gasteiger partial charge in [-0.2, -0.15) is 0 Å². The first kappa shape index (κ1) is 12.4. The van der Waals surface area contributed by atoms with E-state index in [0.29, 0.717) is 12.6 Å². The first-order valence-corrected chi connectivity index (χ1v) is 6.38. The van der Waals surface area contributed by atoms with E-state index in [4.69, 9.17) is 4.74 Å². The zero-order valence-electron chi connectivity index (χ0n) is 10.2. The number of esters is 1. The van der Waals surface area contributed by atoms with Crippen molar-refractivity contribution in [3.63, 3.8) is 0 Å². The molecular formula is C12H20N2O3. The molecule has 3 unspecified atom stereocenters. The Bertz CT molecular complexity index is 317. The van der Waals surface area contributed by atoms with Crippen molar-refractivity contribution >= 4 is 11.8 Å². The Morgan fingerprint density at radius 2 is 2.35 bits per heavy atom. The van der Waals surface area contributed by atoms with E-state index < -0.39 is 12.1 Å². The molecule has 5 nitrogen and oxygen atoms in total. The van der Waals surface area contributed by atoms with E-state index in [2.05, 4.69) is 17.2 Å². The van der Waals surface area contributed by atoms with E-state index in [0.717, 1.165) is 32.1 Å². The maximum Gasteiger partial charge on any atom is 0.374 e. The number of aliphatic hydroxyl groups is 1. The van der Waals surface area contributed by atoms with Gasteiger partial charge in [0.05, 0.1) is 6.10 Å². The smallest absolute Gasteiger partial charge is 0.374 e. The molecule has 0 aromatic heterocycles. The lowest BCUT2D eigenvalue weighted by Crippen LogP contribution is -2.45. The minimum Gasteiger partial charge on any atom is -0.454 e. The quantitative estimate of drug-likeness (QED) is 0.714. The molecule has 0 radical (unpaired) electrons. The molecular weight excluding hydrogens is 220 g/mol. The second-order valence-corrected chi connectivity index (χ2v) is 4.82. The molecule has 2 rings (SSSR count). The fourth-order valence-electron chi connectivity index (χ4n) is 2.50. The van der Waals surface area contributed by atoms with Crippen molar-refractivity contribution in [2.45, 2.75) is 51.2 Å². The van der Waals surface area contributed by atoms with Crippen molar-refractivity contribution in [2.75, 3.05) is 6.67 Å². The van der Waals surface area contributed by atoms with Gasteiger partial charge in [-0.3, -0.25) is 0 Å². The summed E-state index contributed by atoms with van der Waals surface area (Å²) < 4.78 is 5.25. The molecule has 0 aromatic carbocycles. The average Bonchev–Trinajstić information content (AvgIpc) is 2.20. The zero-order valence-corrected chi connectivity index (χ0v) is 10.2. The first-order valence-electron chi connectivity index (χ1n) is 6.38. The van der Waals surface area contributed by atoms with E-state index in [-0.39, 0.29) is 11.9 Å². The van der Waals surface area contributed by atoms with E-state index in [1.54, 1.807) is 0 Å². The molecule has 0 saturated heterocycles. The number of carbonyl (C=O) groups excluding carboxylic acids is 1. The molecule has 0 spiro atoms. The van der Waals surface area contributed by atoms with Crippen LogP contribution in [0.3, 0.4) is 0 Å². The number of aliphatic hydroxyl groups excluding tert-OH is 1. The number of hydrogen-bond donors (Lipinski definition) is 2. The van der Waals surface area contributed by atoms with Crippen molar-refractivity contribution in [2.24, 2.45) is 10.9 Å². The summed E-state index contributed by atoms with van der Waals surface area (Å²) in [6.07, 6.45) is 3.93. The van der Waals surface area contributed by atoms with Crippen molar-refractivity contribution in [3.05, 3.63) is 0 Å². The number of amidine groups is 1. The first-order chi connectivity index (χ1) is 8.20. The molecule has 1 saturated carbocycles. The number of aliphatic imine (C=N–C) groups is 1. The SMILES string of the molecule is CCCC1CCC(OC(=O)C2=NCN2)C(O)C1. The van der Waals surface area contributed by atoms with Crippen LogP contribution in [0.15, 0.2) is 4.99 Å². The summed E-state index contributed by atoms with van der Waals surface area (Å²) in [7, 11) is 0. The van der Waals surface area contributed by atoms with Crippen molar-refractivity contribution in [3.8, 4) is 0 Å². The van der Waals surface area contributed by atoms with Crippen LogP contribution in [-0.2, 0) is 9.53 Å². The summed E-state index contributed by atoms with van der Waals surface area (Å²) >= 11 is 0. The van der Waals surface area contributed by atoms with Crippen LogP contribution in [0.5, 0.6) is 0 Å². The molecule has 0 amide bonds. The molecule has 2 N–H and O–H groups in total. The van der Waals surface area contributed by atoms with E-state index in [1.165, 1.54) is 0 Å². The Kier molecular flexibility index (Phi) is 3.99. The predicted octanol–water partition coefficient (Wildman–Crippen LogP) is 0.818. The Hall–Kier alpha value is -1.10.